The van der Waals surface area contributed by atoms with Crippen molar-refractivity contribution in [2.24, 2.45) is 0 Å². The van der Waals surface area contributed by atoms with Crippen molar-refractivity contribution in [2.45, 2.75) is 87.8 Å². The van der Waals surface area contributed by atoms with E-state index in [0.717, 1.165) is 49.7 Å². The van der Waals surface area contributed by atoms with E-state index in [2.05, 4.69) is 27.0 Å². The Kier molecular flexibility index (Phi) is 17.8. The van der Waals surface area contributed by atoms with Gasteiger partial charge < -0.3 is 9.11 Å². The molecule has 2 aromatic rings. The molecule has 0 radical (unpaired) electrons. The first-order valence-electron chi connectivity index (χ1n) is 12.4. The van der Waals surface area contributed by atoms with Crippen molar-refractivity contribution in [3.63, 3.8) is 0 Å². The van der Waals surface area contributed by atoms with E-state index in [1.54, 1.807) is 24.3 Å². The second-order valence-corrected chi connectivity index (χ2v) is 11.3. The topological polar surface area (TPSA) is 114 Å². The molecule has 0 spiro atoms. The predicted octanol–water partition coefficient (Wildman–Crippen LogP) is 5.72. The van der Waals surface area contributed by atoms with Gasteiger partial charge in [0.15, 0.2) is 0 Å². The molecule has 37 heavy (non-hydrogen) atoms. The van der Waals surface area contributed by atoms with E-state index in [9.17, 15) is 25.9 Å². The van der Waals surface area contributed by atoms with Crippen LogP contribution in [-0.4, -0.2) is 63.7 Å². The van der Waals surface area contributed by atoms with Crippen LogP contribution in [0.4, 0.5) is 0 Å². The molecular weight excluding hydrogens is 537 g/mol. The third-order valence-corrected chi connectivity index (χ3v) is 7.63. The average molecular weight is 575 g/mol. The molecule has 2 rings (SSSR count). The van der Waals surface area contributed by atoms with Gasteiger partial charge in [-0.2, -0.15) is 0 Å². The molecule has 0 N–H and O–H groups in total. The standard InChI is InChI=1S/2C14H20O3S.Ca/c2*1-3-5-6-10-13-12(8-4-2)9-7-11-14(13)18(15,16)17;/h2*4,7,9,11H,2-3,5-6,8,10H2,1H3,(H,15,16,17);/q;;+2/p-2. The SMILES string of the molecule is C=CCc1cccc(S(=O)(=O)[O-])c1CCCCC.C=CCc1cccc(S(=O)(=O)[O-])c1CCCCC.[Ca+2]. The van der Waals surface area contributed by atoms with Crippen LogP contribution in [0.1, 0.15) is 74.6 Å². The van der Waals surface area contributed by atoms with Gasteiger partial charge in [-0.05, 0) is 72.9 Å². The van der Waals surface area contributed by atoms with Crippen molar-refractivity contribution in [3.8, 4) is 0 Å². The number of hydrogen-bond acceptors (Lipinski definition) is 6. The number of benzene rings is 2. The maximum absolute atomic E-state index is 11.3. The van der Waals surface area contributed by atoms with E-state index in [0.29, 0.717) is 36.8 Å². The number of rotatable bonds is 14. The van der Waals surface area contributed by atoms with E-state index in [4.69, 9.17) is 0 Å². The molecule has 2 aromatic carbocycles. The number of allylic oxidation sites excluding steroid dienone is 2. The van der Waals surface area contributed by atoms with Crippen molar-refractivity contribution >= 4 is 58.0 Å². The summed E-state index contributed by atoms with van der Waals surface area (Å²) in [6.45, 7) is 11.5. The Bertz CT molecular complexity index is 1110. The summed E-state index contributed by atoms with van der Waals surface area (Å²) in [4.78, 5) is -0.143. The fourth-order valence-electron chi connectivity index (χ4n) is 4.06. The zero-order valence-corrected chi connectivity index (χ0v) is 25.9. The quantitative estimate of drug-likeness (QED) is 0.123. The molecule has 0 atom stereocenters. The molecule has 0 unspecified atom stereocenters. The average Bonchev–Trinajstić information content (AvgIpc) is 2.80. The predicted molar refractivity (Wildman–Crippen MR) is 149 cm³/mol. The molecule has 6 nitrogen and oxygen atoms in total. The van der Waals surface area contributed by atoms with Gasteiger partial charge in [0.05, 0.1) is 9.79 Å². The summed E-state index contributed by atoms with van der Waals surface area (Å²) in [7, 11) is -8.79. The fourth-order valence-corrected chi connectivity index (χ4v) is 5.62. The van der Waals surface area contributed by atoms with Gasteiger partial charge in [-0.3, -0.25) is 0 Å². The molecule has 0 aromatic heterocycles. The van der Waals surface area contributed by atoms with Crippen LogP contribution >= 0.6 is 0 Å². The number of unbranched alkanes of at least 4 members (excludes halogenated alkanes) is 4. The van der Waals surface area contributed by atoms with Crippen LogP contribution in [0.15, 0.2) is 71.5 Å². The molecule has 0 saturated heterocycles. The minimum Gasteiger partial charge on any atom is -0.744 e. The van der Waals surface area contributed by atoms with Crippen LogP contribution < -0.4 is 0 Å². The first-order chi connectivity index (χ1) is 17.0. The molecule has 0 aliphatic heterocycles. The molecule has 9 heteroatoms. The van der Waals surface area contributed by atoms with E-state index in [1.165, 1.54) is 12.1 Å². The zero-order chi connectivity index (χ0) is 27.2. The maximum atomic E-state index is 11.3. The Morgan fingerprint density at radius 2 is 1.03 bits per heavy atom. The smallest absolute Gasteiger partial charge is 0.744 e. The monoisotopic (exact) mass is 574 g/mol. The second kappa shape index (κ2) is 18.3. The van der Waals surface area contributed by atoms with Crippen molar-refractivity contribution in [2.75, 3.05) is 0 Å². The van der Waals surface area contributed by atoms with Crippen molar-refractivity contribution in [3.05, 3.63) is 84.0 Å². The van der Waals surface area contributed by atoms with Crippen LogP contribution in [0.2, 0.25) is 0 Å². The first-order valence-corrected chi connectivity index (χ1v) is 15.2. The first kappa shape index (κ1) is 36.0. The fraction of sp³-hybridized carbons (Fsp3) is 0.429. The summed E-state index contributed by atoms with van der Waals surface area (Å²) >= 11 is 0. The van der Waals surface area contributed by atoms with Crippen molar-refractivity contribution in [1.82, 2.24) is 0 Å². The van der Waals surface area contributed by atoms with Gasteiger partial charge in [-0.15, -0.1) is 13.2 Å². The summed E-state index contributed by atoms with van der Waals surface area (Å²) in [5.41, 5.74) is 3.11. The molecule has 200 valence electrons. The van der Waals surface area contributed by atoms with Crippen LogP contribution in [0, 0.1) is 0 Å². The third kappa shape index (κ3) is 12.6. The van der Waals surface area contributed by atoms with Crippen LogP contribution in [0.3, 0.4) is 0 Å². The summed E-state index contributed by atoms with van der Waals surface area (Å²) in [6.07, 6.45) is 11.9. The summed E-state index contributed by atoms with van der Waals surface area (Å²) < 4.78 is 67.6. The number of hydrogen-bond donors (Lipinski definition) is 0. The minimum atomic E-state index is -4.40. The largest absolute Gasteiger partial charge is 2.00 e. The Labute approximate surface area is 253 Å². The Hall–Kier alpha value is -1.00. The second-order valence-electron chi connectivity index (χ2n) is 8.60. The van der Waals surface area contributed by atoms with Gasteiger partial charge in [0.1, 0.15) is 20.2 Å². The van der Waals surface area contributed by atoms with Crippen LogP contribution in [-0.2, 0) is 45.9 Å². The molecule has 0 aliphatic rings. The van der Waals surface area contributed by atoms with Crippen molar-refractivity contribution in [1.29, 1.82) is 0 Å². The van der Waals surface area contributed by atoms with Gasteiger partial charge in [-0.25, -0.2) is 16.8 Å². The van der Waals surface area contributed by atoms with Gasteiger partial charge in [0, 0.05) is 0 Å². The third-order valence-electron chi connectivity index (χ3n) is 5.79. The minimum absolute atomic E-state index is 0. The van der Waals surface area contributed by atoms with Crippen LogP contribution in [0.25, 0.3) is 0 Å². The summed E-state index contributed by atoms with van der Waals surface area (Å²) in [6, 6.07) is 9.75. The van der Waals surface area contributed by atoms with E-state index in [1.807, 2.05) is 12.1 Å². The summed E-state index contributed by atoms with van der Waals surface area (Å²) in [5.74, 6) is 0. The molecule has 0 amide bonds. The molecule has 0 bridgehead atoms. The van der Waals surface area contributed by atoms with E-state index >= 15 is 0 Å². The van der Waals surface area contributed by atoms with Gasteiger partial charge in [-0.1, -0.05) is 75.9 Å². The molecule has 0 fully saturated rings. The Balaban J connectivity index is 0.000000682. The van der Waals surface area contributed by atoms with Crippen LogP contribution in [0.5, 0.6) is 0 Å². The van der Waals surface area contributed by atoms with E-state index < -0.39 is 20.2 Å². The molecular formula is C28H38CaO6S2. The maximum Gasteiger partial charge on any atom is 2.00 e. The van der Waals surface area contributed by atoms with Crippen molar-refractivity contribution < 1.29 is 25.9 Å². The normalized spacial score (nSPS) is 11.1. The van der Waals surface area contributed by atoms with Gasteiger partial charge in [0.25, 0.3) is 0 Å². The zero-order valence-electron chi connectivity index (χ0n) is 22.1. The molecule has 0 saturated carbocycles. The molecule has 0 aliphatic carbocycles. The summed E-state index contributed by atoms with van der Waals surface area (Å²) in [5, 5.41) is 0. The molecule has 0 heterocycles. The van der Waals surface area contributed by atoms with Gasteiger partial charge >= 0.3 is 37.7 Å². The van der Waals surface area contributed by atoms with Gasteiger partial charge in [0.2, 0.25) is 0 Å². The van der Waals surface area contributed by atoms with E-state index in [-0.39, 0.29) is 47.5 Å². The Morgan fingerprint density at radius 3 is 1.30 bits per heavy atom. The Morgan fingerprint density at radius 1 is 0.676 bits per heavy atom.